The van der Waals surface area contributed by atoms with Gasteiger partial charge in [-0.05, 0) is 6.42 Å². The molecule has 0 unspecified atom stereocenters. The molecule has 0 aliphatic heterocycles. The molecule has 2 heteroatoms. The summed E-state index contributed by atoms with van der Waals surface area (Å²) in [4.78, 5) is 0. The third-order valence-corrected chi connectivity index (χ3v) is 5.64. The standard InChI is InChI=1S/C17H34O2/c1-6-7-8-9-10-11-12-13-17(19)15(2,3)14(18)16(17,4)5/h14,18-19H,6-13H2,1-5H3. The van der Waals surface area contributed by atoms with E-state index in [-0.39, 0.29) is 10.8 Å². The summed E-state index contributed by atoms with van der Waals surface area (Å²) < 4.78 is 0. The average molecular weight is 270 g/mol. The fraction of sp³-hybridized carbons (Fsp3) is 1.00. The Labute approximate surface area is 119 Å². The van der Waals surface area contributed by atoms with Gasteiger partial charge in [-0.25, -0.2) is 0 Å². The van der Waals surface area contributed by atoms with Crippen molar-refractivity contribution in [3.05, 3.63) is 0 Å². The van der Waals surface area contributed by atoms with Crippen LogP contribution in [0.3, 0.4) is 0 Å². The Hall–Kier alpha value is -0.0800. The van der Waals surface area contributed by atoms with Crippen LogP contribution in [0.2, 0.25) is 0 Å². The number of aliphatic hydroxyl groups excluding tert-OH is 1. The predicted octanol–water partition coefficient (Wildman–Crippen LogP) is 4.29. The molecule has 114 valence electrons. The molecular weight excluding hydrogens is 236 g/mol. The van der Waals surface area contributed by atoms with Gasteiger partial charge in [0, 0.05) is 10.8 Å². The topological polar surface area (TPSA) is 40.5 Å². The molecule has 19 heavy (non-hydrogen) atoms. The zero-order valence-corrected chi connectivity index (χ0v) is 13.6. The van der Waals surface area contributed by atoms with E-state index < -0.39 is 11.7 Å². The molecule has 0 aromatic rings. The Balaban J connectivity index is 2.32. The van der Waals surface area contributed by atoms with E-state index in [0.29, 0.717) is 0 Å². The molecule has 1 aliphatic rings. The van der Waals surface area contributed by atoms with Gasteiger partial charge in [0.2, 0.25) is 0 Å². The van der Waals surface area contributed by atoms with Crippen LogP contribution in [0.4, 0.5) is 0 Å². The van der Waals surface area contributed by atoms with Crippen LogP contribution in [0.15, 0.2) is 0 Å². The van der Waals surface area contributed by atoms with Crippen LogP contribution < -0.4 is 0 Å². The maximum atomic E-state index is 10.9. The molecule has 2 N–H and O–H groups in total. The molecule has 0 aromatic heterocycles. The number of rotatable bonds is 8. The molecule has 0 radical (unpaired) electrons. The molecule has 0 spiro atoms. The summed E-state index contributed by atoms with van der Waals surface area (Å²) in [6, 6.07) is 0. The van der Waals surface area contributed by atoms with E-state index in [9.17, 15) is 10.2 Å². The van der Waals surface area contributed by atoms with Gasteiger partial charge in [-0.1, -0.05) is 79.6 Å². The van der Waals surface area contributed by atoms with Gasteiger partial charge in [-0.15, -0.1) is 0 Å². The molecule has 0 heterocycles. The lowest BCUT2D eigenvalue weighted by Gasteiger charge is -2.68. The largest absolute Gasteiger partial charge is 0.392 e. The van der Waals surface area contributed by atoms with Crippen molar-refractivity contribution in [2.45, 2.75) is 97.7 Å². The molecule has 0 aromatic carbocycles. The third kappa shape index (κ3) is 2.85. The van der Waals surface area contributed by atoms with Crippen LogP contribution in [0, 0.1) is 10.8 Å². The van der Waals surface area contributed by atoms with Crippen LogP contribution >= 0.6 is 0 Å². The molecule has 1 rings (SSSR count). The van der Waals surface area contributed by atoms with Crippen LogP contribution in [-0.4, -0.2) is 21.9 Å². The van der Waals surface area contributed by atoms with Gasteiger partial charge >= 0.3 is 0 Å². The molecule has 1 aliphatic carbocycles. The van der Waals surface area contributed by atoms with Gasteiger partial charge in [0.25, 0.3) is 0 Å². The lowest BCUT2D eigenvalue weighted by Crippen LogP contribution is -2.76. The lowest BCUT2D eigenvalue weighted by molar-refractivity contribution is -0.321. The Morgan fingerprint density at radius 2 is 1.21 bits per heavy atom. The number of aliphatic hydroxyl groups is 2. The summed E-state index contributed by atoms with van der Waals surface area (Å²) in [5, 5.41) is 21.1. The highest BCUT2D eigenvalue weighted by molar-refractivity contribution is 5.20. The SMILES string of the molecule is CCCCCCCCCC1(O)C(C)(C)C(O)C1(C)C. The summed E-state index contributed by atoms with van der Waals surface area (Å²) in [5.74, 6) is 0. The maximum Gasteiger partial charge on any atom is 0.0798 e. The highest BCUT2D eigenvalue weighted by atomic mass is 16.3. The van der Waals surface area contributed by atoms with Crippen LogP contribution in [-0.2, 0) is 0 Å². The number of unbranched alkanes of at least 4 members (excludes halogenated alkanes) is 6. The molecule has 1 saturated carbocycles. The van der Waals surface area contributed by atoms with Crippen LogP contribution in [0.25, 0.3) is 0 Å². The van der Waals surface area contributed by atoms with Crippen molar-refractivity contribution in [1.82, 2.24) is 0 Å². The Morgan fingerprint density at radius 3 is 1.68 bits per heavy atom. The monoisotopic (exact) mass is 270 g/mol. The van der Waals surface area contributed by atoms with E-state index in [0.717, 1.165) is 12.8 Å². The van der Waals surface area contributed by atoms with Gasteiger partial charge in [0.1, 0.15) is 0 Å². The minimum atomic E-state index is -0.719. The Morgan fingerprint density at radius 1 is 0.789 bits per heavy atom. The van der Waals surface area contributed by atoms with E-state index in [2.05, 4.69) is 6.92 Å². The van der Waals surface area contributed by atoms with Crippen molar-refractivity contribution < 1.29 is 10.2 Å². The first-order valence-electron chi connectivity index (χ1n) is 8.12. The second-order valence-corrected chi connectivity index (χ2v) is 7.58. The average Bonchev–Trinajstić information content (AvgIpc) is 2.35. The number of hydrogen-bond acceptors (Lipinski definition) is 2. The molecule has 0 atom stereocenters. The highest BCUT2D eigenvalue weighted by Crippen LogP contribution is 2.63. The Bertz CT molecular complexity index is 265. The minimum Gasteiger partial charge on any atom is -0.392 e. The summed E-state index contributed by atoms with van der Waals surface area (Å²) in [7, 11) is 0. The van der Waals surface area contributed by atoms with Crippen molar-refractivity contribution in [3.8, 4) is 0 Å². The fourth-order valence-corrected chi connectivity index (χ4v) is 4.09. The fourth-order valence-electron chi connectivity index (χ4n) is 4.09. The van der Waals surface area contributed by atoms with Gasteiger partial charge in [0.15, 0.2) is 0 Å². The van der Waals surface area contributed by atoms with Crippen LogP contribution in [0.5, 0.6) is 0 Å². The molecule has 0 bridgehead atoms. The minimum absolute atomic E-state index is 0.376. The van der Waals surface area contributed by atoms with Gasteiger partial charge in [-0.2, -0.15) is 0 Å². The van der Waals surface area contributed by atoms with E-state index in [1.165, 1.54) is 38.5 Å². The smallest absolute Gasteiger partial charge is 0.0798 e. The molecule has 2 nitrogen and oxygen atoms in total. The molecule has 1 fully saturated rings. The van der Waals surface area contributed by atoms with E-state index in [1.807, 2.05) is 27.7 Å². The molecular formula is C17H34O2. The summed E-state index contributed by atoms with van der Waals surface area (Å²) in [6.07, 6.45) is 9.26. The van der Waals surface area contributed by atoms with E-state index >= 15 is 0 Å². The second-order valence-electron chi connectivity index (χ2n) is 7.58. The normalized spacial score (nSPS) is 32.1. The van der Waals surface area contributed by atoms with Crippen LogP contribution in [0.1, 0.15) is 86.0 Å². The highest BCUT2D eigenvalue weighted by Gasteiger charge is 2.70. The third-order valence-electron chi connectivity index (χ3n) is 5.64. The lowest BCUT2D eigenvalue weighted by atomic mass is 9.41. The second kappa shape index (κ2) is 6.13. The first-order chi connectivity index (χ1) is 8.72. The predicted molar refractivity (Wildman–Crippen MR) is 81.1 cm³/mol. The van der Waals surface area contributed by atoms with Crippen molar-refractivity contribution in [1.29, 1.82) is 0 Å². The summed E-state index contributed by atoms with van der Waals surface area (Å²) in [5.41, 5.74) is -1.47. The van der Waals surface area contributed by atoms with Crippen molar-refractivity contribution in [2.75, 3.05) is 0 Å². The quantitative estimate of drug-likeness (QED) is 0.646. The van der Waals surface area contributed by atoms with Crippen molar-refractivity contribution in [3.63, 3.8) is 0 Å². The van der Waals surface area contributed by atoms with Gasteiger partial charge in [0.05, 0.1) is 11.7 Å². The summed E-state index contributed by atoms with van der Waals surface area (Å²) in [6.45, 7) is 10.2. The van der Waals surface area contributed by atoms with E-state index in [4.69, 9.17) is 0 Å². The van der Waals surface area contributed by atoms with Gasteiger partial charge < -0.3 is 10.2 Å². The first kappa shape index (κ1) is 17.0. The Kier molecular flexibility index (Phi) is 5.48. The van der Waals surface area contributed by atoms with E-state index in [1.54, 1.807) is 0 Å². The zero-order chi connectivity index (χ0) is 14.7. The molecule has 0 saturated heterocycles. The zero-order valence-electron chi connectivity index (χ0n) is 13.6. The first-order valence-corrected chi connectivity index (χ1v) is 8.12. The summed E-state index contributed by atoms with van der Waals surface area (Å²) >= 11 is 0. The molecule has 0 amide bonds. The maximum absolute atomic E-state index is 10.9. The van der Waals surface area contributed by atoms with Gasteiger partial charge in [-0.3, -0.25) is 0 Å². The van der Waals surface area contributed by atoms with Crippen molar-refractivity contribution in [2.24, 2.45) is 10.8 Å². The van der Waals surface area contributed by atoms with Crippen molar-refractivity contribution >= 4 is 0 Å². The number of hydrogen-bond donors (Lipinski definition) is 2.